The molecule has 1 fully saturated rings. The minimum Gasteiger partial charge on any atom is -0.493 e. The Morgan fingerprint density at radius 3 is 2.57 bits per heavy atom. The van der Waals surface area contributed by atoms with Crippen LogP contribution in [0.15, 0.2) is 30.3 Å². The first-order valence-electron chi connectivity index (χ1n) is 7.99. The smallest absolute Gasteiger partial charge is 0.241 e. The van der Waals surface area contributed by atoms with Crippen LogP contribution in [0.25, 0.3) is 0 Å². The fraction of sp³-hybridized carbons (Fsp3) is 0.529. The maximum absolute atomic E-state index is 12.4. The highest BCUT2D eigenvalue weighted by atomic mass is 16.5. The number of primary amides is 1. The maximum atomic E-state index is 12.4. The van der Waals surface area contributed by atoms with Crippen LogP contribution in [0.2, 0.25) is 0 Å². The van der Waals surface area contributed by atoms with Gasteiger partial charge in [-0.2, -0.15) is 0 Å². The summed E-state index contributed by atoms with van der Waals surface area (Å²) in [5.74, 6) is 0.192. The molecule has 1 heterocycles. The van der Waals surface area contributed by atoms with E-state index in [-0.39, 0.29) is 12.3 Å². The van der Waals surface area contributed by atoms with E-state index in [2.05, 4.69) is 18.7 Å². The third-order valence-electron chi connectivity index (χ3n) is 4.12. The van der Waals surface area contributed by atoms with E-state index in [1.54, 1.807) is 4.90 Å². The fourth-order valence-corrected chi connectivity index (χ4v) is 2.73. The Labute approximate surface area is 137 Å². The van der Waals surface area contributed by atoms with Crippen molar-refractivity contribution in [1.29, 1.82) is 0 Å². The van der Waals surface area contributed by atoms with E-state index in [9.17, 15) is 9.59 Å². The van der Waals surface area contributed by atoms with Crippen molar-refractivity contribution in [3.05, 3.63) is 30.3 Å². The van der Waals surface area contributed by atoms with Crippen molar-refractivity contribution in [1.82, 2.24) is 9.80 Å². The third-order valence-corrected chi connectivity index (χ3v) is 4.12. The van der Waals surface area contributed by atoms with Crippen LogP contribution in [0.3, 0.4) is 0 Å². The van der Waals surface area contributed by atoms with Gasteiger partial charge in [-0.1, -0.05) is 18.2 Å². The molecule has 1 aliphatic rings. The summed E-state index contributed by atoms with van der Waals surface area (Å²) in [6.45, 7) is 6.21. The number of hydrogen-bond donors (Lipinski definition) is 1. The van der Waals surface area contributed by atoms with Gasteiger partial charge in [-0.3, -0.25) is 14.5 Å². The Bertz CT molecular complexity index is 533. The summed E-state index contributed by atoms with van der Waals surface area (Å²) < 4.78 is 5.55. The zero-order valence-corrected chi connectivity index (χ0v) is 13.8. The Morgan fingerprint density at radius 1 is 1.26 bits per heavy atom. The lowest BCUT2D eigenvalue weighted by Crippen LogP contribution is -2.61. The summed E-state index contributed by atoms with van der Waals surface area (Å²) in [5, 5.41) is 0. The molecule has 1 atom stereocenters. The molecular weight excluding hydrogens is 294 g/mol. The number of rotatable bonds is 6. The Hall–Kier alpha value is -2.08. The minimum atomic E-state index is -0.560. The predicted octanol–water partition coefficient (Wildman–Crippen LogP) is 0.862. The predicted molar refractivity (Wildman–Crippen MR) is 88.0 cm³/mol. The molecule has 6 heteroatoms. The Balaban J connectivity index is 1.88. The van der Waals surface area contributed by atoms with Crippen molar-refractivity contribution in [2.75, 3.05) is 26.2 Å². The van der Waals surface area contributed by atoms with E-state index < -0.39 is 11.9 Å². The average molecular weight is 319 g/mol. The van der Waals surface area contributed by atoms with Gasteiger partial charge in [0.2, 0.25) is 11.8 Å². The van der Waals surface area contributed by atoms with Gasteiger partial charge in [-0.25, -0.2) is 0 Å². The molecule has 0 aromatic heterocycles. The molecular formula is C17H25N3O3. The molecule has 0 bridgehead atoms. The lowest BCUT2D eigenvalue weighted by molar-refractivity contribution is -0.143. The van der Waals surface area contributed by atoms with Crippen LogP contribution in [-0.4, -0.2) is 59.9 Å². The van der Waals surface area contributed by atoms with Crippen LogP contribution in [0.4, 0.5) is 0 Å². The quantitative estimate of drug-likeness (QED) is 0.844. The molecule has 2 rings (SSSR count). The van der Waals surface area contributed by atoms with E-state index in [0.717, 1.165) is 12.3 Å². The number of piperazine rings is 1. The molecule has 0 unspecified atom stereocenters. The molecule has 1 aliphatic heterocycles. The molecule has 1 aromatic carbocycles. The first-order valence-corrected chi connectivity index (χ1v) is 7.99. The van der Waals surface area contributed by atoms with Gasteiger partial charge in [-0.05, 0) is 26.0 Å². The summed E-state index contributed by atoms with van der Waals surface area (Å²) >= 11 is 0. The van der Waals surface area contributed by atoms with Gasteiger partial charge in [0.05, 0.1) is 13.0 Å². The van der Waals surface area contributed by atoms with Crippen molar-refractivity contribution in [2.24, 2.45) is 5.73 Å². The number of carbonyl (C=O) groups is 2. The van der Waals surface area contributed by atoms with Crippen LogP contribution in [0.1, 0.15) is 20.3 Å². The highest BCUT2D eigenvalue weighted by Gasteiger charge is 2.34. The van der Waals surface area contributed by atoms with Crippen molar-refractivity contribution in [3.63, 3.8) is 0 Å². The van der Waals surface area contributed by atoms with E-state index in [0.29, 0.717) is 25.7 Å². The van der Waals surface area contributed by atoms with E-state index in [4.69, 9.17) is 10.5 Å². The van der Waals surface area contributed by atoms with Crippen molar-refractivity contribution in [2.45, 2.75) is 32.4 Å². The monoisotopic (exact) mass is 319 g/mol. The number of benzene rings is 1. The molecule has 6 nitrogen and oxygen atoms in total. The molecule has 0 radical (unpaired) electrons. The van der Waals surface area contributed by atoms with Gasteiger partial charge >= 0.3 is 0 Å². The minimum absolute atomic E-state index is 0.0897. The number of nitrogens with zero attached hydrogens (tertiary/aromatic N) is 2. The summed E-state index contributed by atoms with van der Waals surface area (Å²) in [4.78, 5) is 27.9. The van der Waals surface area contributed by atoms with E-state index in [1.165, 1.54) is 0 Å². The first kappa shape index (κ1) is 17.3. The second-order valence-electron chi connectivity index (χ2n) is 6.01. The summed E-state index contributed by atoms with van der Waals surface area (Å²) in [5.41, 5.74) is 5.49. The molecule has 0 spiro atoms. The number of amides is 2. The van der Waals surface area contributed by atoms with Gasteiger partial charge in [0.25, 0.3) is 0 Å². The van der Waals surface area contributed by atoms with E-state index in [1.807, 2.05) is 30.3 Å². The molecule has 0 aliphatic carbocycles. The number of carbonyl (C=O) groups excluding carboxylic acids is 2. The molecule has 2 amide bonds. The zero-order valence-electron chi connectivity index (χ0n) is 13.8. The second kappa shape index (κ2) is 7.97. The number of nitrogens with two attached hydrogens (primary N) is 1. The van der Waals surface area contributed by atoms with Gasteiger partial charge < -0.3 is 15.4 Å². The van der Waals surface area contributed by atoms with Crippen molar-refractivity contribution < 1.29 is 14.3 Å². The van der Waals surface area contributed by atoms with Crippen LogP contribution in [0.5, 0.6) is 5.75 Å². The second-order valence-corrected chi connectivity index (χ2v) is 6.01. The normalized spacial score (nSPS) is 18.9. The SMILES string of the molecule is CC(C)N1CCN(C(=O)CCOc2ccccc2)[C@H](C(N)=O)C1. The fourth-order valence-electron chi connectivity index (χ4n) is 2.73. The largest absolute Gasteiger partial charge is 0.493 e. The number of hydrogen-bond acceptors (Lipinski definition) is 4. The first-order chi connectivity index (χ1) is 11.0. The Morgan fingerprint density at radius 2 is 1.96 bits per heavy atom. The summed E-state index contributed by atoms with van der Waals surface area (Å²) in [6.07, 6.45) is 0.236. The lowest BCUT2D eigenvalue weighted by Gasteiger charge is -2.41. The average Bonchev–Trinajstić information content (AvgIpc) is 2.55. The number of ether oxygens (including phenoxy) is 1. The zero-order chi connectivity index (χ0) is 16.8. The molecule has 0 saturated carbocycles. The molecule has 1 aromatic rings. The van der Waals surface area contributed by atoms with Gasteiger partial charge in [-0.15, -0.1) is 0 Å². The van der Waals surface area contributed by atoms with Crippen molar-refractivity contribution >= 4 is 11.8 Å². The summed E-state index contributed by atoms with van der Waals surface area (Å²) in [6, 6.07) is 9.13. The Kier molecular flexibility index (Phi) is 5.98. The highest BCUT2D eigenvalue weighted by Crippen LogP contribution is 2.14. The van der Waals surface area contributed by atoms with Gasteiger partial charge in [0, 0.05) is 25.7 Å². The van der Waals surface area contributed by atoms with Crippen LogP contribution >= 0.6 is 0 Å². The molecule has 23 heavy (non-hydrogen) atoms. The maximum Gasteiger partial charge on any atom is 0.241 e. The topological polar surface area (TPSA) is 75.9 Å². The van der Waals surface area contributed by atoms with E-state index >= 15 is 0 Å². The van der Waals surface area contributed by atoms with Crippen LogP contribution in [-0.2, 0) is 9.59 Å². The lowest BCUT2D eigenvalue weighted by atomic mass is 10.1. The van der Waals surface area contributed by atoms with Gasteiger partial charge in [0.1, 0.15) is 11.8 Å². The number of para-hydroxylation sites is 1. The molecule has 2 N–H and O–H groups in total. The standard InChI is InChI=1S/C17H25N3O3/c1-13(2)19-9-10-20(15(12-19)17(18)22)16(21)8-11-23-14-6-4-3-5-7-14/h3-7,13,15H,8-12H2,1-2H3,(H2,18,22)/t15-/m0/s1. The summed E-state index contributed by atoms with van der Waals surface area (Å²) in [7, 11) is 0. The van der Waals surface area contributed by atoms with Crippen LogP contribution < -0.4 is 10.5 Å². The third kappa shape index (κ3) is 4.69. The molecule has 126 valence electrons. The highest BCUT2D eigenvalue weighted by molar-refractivity contribution is 5.87. The van der Waals surface area contributed by atoms with Crippen molar-refractivity contribution in [3.8, 4) is 5.75 Å². The van der Waals surface area contributed by atoms with Crippen LogP contribution in [0, 0.1) is 0 Å². The molecule has 1 saturated heterocycles. The van der Waals surface area contributed by atoms with Gasteiger partial charge in [0.15, 0.2) is 0 Å².